The third kappa shape index (κ3) is 3.59. The van der Waals surface area contributed by atoms with Gasteiger partial charge in [0.2, 0.25) is 5.91 Å². The zero-order valence-electron chi connectivity index (χ0n) is 11.8. The predicted octanol–water partition coefficient (Wildman–Crippen LogP) is 2.50. The molecular formula is C16H21NO3. The third-order valence-corrected chi connectivity index (χ3v) is 4.05. The summed E-state index contributed by atoms with van der Waals surface area (Å²) >= 11 is 0. The Balaban J connectivity index is 1.80. The highest BCUT2D eigenvalue weighted by molar-refractivity contribution is 5.78. The minimum absolute atomic E-state index is 0.0801. The Morgan fingerprint density at radius 1 is 1.35 bits per heavy atom. The van der Waals surface area contributed by atoms with E-state index in [-0.39, 0.29) is 11.8 Å². The molecule has 4 nitrogen and oxygen atoms in total. The third-order valence-electron chi connectivity index (χ3n) is 4.05. The highest BCUT2D eigenvalue weighted by Gasteiger charge is 2.30. The molecule has 2 unspecified atom stereocenters. The maximum atomic E-state index is 12.1. The molecule has 0 spiro atoms. The summed E-state index contributed by atoms with van der Waals surface area (Å²) in [6.07, 6.45) is 1.87. The Hall–Kier alpha value is -1.84. The van der Waals surface area contributed by atoms with Crippen LogP contribution in [0, 0.1) is 5.92 Å². The first-order chi connectivity index (χ1) is 9.58. The predicted molar refractivity (Wildman–Crippen MR) is 76.4 cm³/mol. The molecule has 1 aliphatic rings. The summed E-state index contributed by atoms with van der Waals surface area (Å²) in [6.45, 7) is 3.07. The minimum Gasteiger partial charge on any atom is -0.481 e. The van der Waals surface area contributed by atoms with Crippen molar-refractivity contribution in [2.75, 3.05) is 13.1 Å². The molecular weight excluding hydrogens is 254 g/mol. The lowest BCUT2D eigenvalue weighted by Crippen LogP contribution is -2.29. The number of carbonyl (C=O) groups excluding carboxylic acids is 1. The van der Waals surface area contributed by atoms with Gasteiger partial charge in [0.25, 0.3) is 0 Å². The van der Waals surface area contributed by atoms with Crippen LogP contribution in [0.4, 0.5) is 0 Å². The summed E-state index contributed by atoms with van der Waals surface area (Å²) in [5.74, 6) is -0.752. The number of carboxylic acid groups (broad SMARTS) is 1. The summed E-state index contributed by atoms with van der Waals surface area (Å²) in [6, 6.07) is 10.1. The van der Waals surface area contributed by atoms with Crippen LogP contribution in [0.1, 0.15) is 37.7 Å². The summed E-state index contributed by atoms with van der Waals surface area (Å²) in [5.41, 5.74) is 1.24. The molecule has 0 saturated carbocycles. The second-order valence-electron chi connectivity index (χ2n) is 5.51. The van der Waals surface area contributed by atoms with E-state index in [0.29, 0.717) is 31.8 Å². The van der Waals surface area contributed by atoms with Crippen LogP contribution in [0.15, 0.2) is 30.3 Å². The van der Waals surface area contributed by atoms with E-state index < -0.39 is 5.97 Å². The lowest BCUT2D eigenvalue weighted by atomic mass is 9.96. The highest BCUT2D eigenvalue weighted by atomic mass is 16.4. The molecule has 1 aromatic carbocycles. The van der Waals surface area contributed by atoms with Crippen LogP contribution in [0.3, 0.4) is 0 Å². The van der Waals surface area contributed by atoms with Gasteiger partial charge in [-0.1, -0.05) is 37.3 Å². The van der Waals surface area contributed by atoms with E-state index in [1.807, 2.05) is 18.2 Å². The van der Waals surface area contributed by atoms with E-state index in [0.717, 1.165) is 6.42 Å². The van der Waals surface area contributed by atoms with Gasteiger partial charge in [-0.3, -0.25) is 9.59 Å². The average Bonchev–Trinajstić information content (AvgIpc) is 2.95. The maximum Gasteiger partial charge on any atom is 0.308 e. The number of amides is 1. The first kappa shape index (κ1) is 14.6. The molecule has 2 rings (SSSR count). The number of hydrogen-bond donors (Lipinski definition) is 1. The molecule has 0 radical (unpaired) electrons. The van der Waals surface area contributed by atoms with Gasteiger partial charge >= 0.3 is 5.97 Å². The number of carbonyl (C=O) groups is 2. The van der Waals surface area contributed by atoms with Crippen LogP contribution in [0.5, 0.6) is 0 Å². The van der Waals surface area contributed by atoms with Gasteiger partial charge in [-0.05, 0) is 24.3 Å². The SMILES string of the molecule is CC(CCC(=O)N1CCC(C(=O)O)C1)c1ccccc1. The average molecular weight is 275 g/mol. The van der Waals surface area contributed by atoms with Crippen molar-refractivity contribution in [3.05, 3.63) is 35.9 Å². The van der Waals surface area contributed by atoms with Crippen molar-refractivity contribution in [3.63, 3.8) is 0 Å². The largest absolute Gasteiger partial charge is 0.481 e. The van der Waals surface area contributed by atoms with E-state index in [9.17, 15) is 9.59 Å². The van der Waals surface area contributed by atoms with Crippen LogP contribution in [-0.2, 0) is 9.59 Å². The van der Waals surface area contributed by atoms with Crippen molar-refractivity contribution >= 4 is 11.9 Å². The Bertz CT molecular complexity index is 472. The lowest BCUT2D eigenvalue weighted by molar-refractivity contribution is -0.141. The van der Waals surface area contributed by atoms with Gasteiger partial charge in [0, 0.05) is 19.5 Å². The van der Waals surface area contributed by atoms with Gasteiger partial charge < -0.3 is 10.0 Å². The molecule has 1 aromatic rings. The molecule has 4 heteroatoms. The Kier molecular flexibility index (Phi) is 4.77. The van der Waals surface area contributed by atoms with Gasteiger partial charge in [0.05, 0.1) is 5.92 Å². The molecule has 1 saturated heterocycles. The first-order valence-electron chi connectivity index (χ1n) is 7.13. The van der Waals surface area contributed by atoms with E-state index in [4.69, 9.17) is 5.11 Å². The molecule has 2 atom stereocenters. The van der Waals surface area contributed by atoms with Crippen LogP contribution in [-0.4, -0.2) is 35.0 Å². The molecule has 0 aromatic heterocycles. The smallest absolute Gasteiger partial charge is 0.308 e. The van der Waals surface area contributed by atoms with Crippen molar-refractivity contribution in [2.24, 2.45) is 5.92 Å². The van der Waals surface area contributed by atoms with E-state index in [1.165, 1.54) is 5.56 Å². The molecule has 1 N–H and O–H groups in total. The minimum atomic E-state index is -0.794. The lowest BCUT2D eigenvalue weighted by Gasteiger charge is -2.17. The quantitative estimate of drug-likeness (QED) is 0.898. The Morgan fingerprint density at radius 3 is 2.65 bits per heavy atom. The number of aliphatic carboxylic acids is 1. The normalized spacial score (nSPS) is 19.9. The number of rotatable bonds is 5. The van der Waals surface area contributed by atoms with Gasteiger partial charge in [-0.2, -0.15) is 0 Å². The molecule has 1 heterocycles. The van der Waals surface area contributed by atoms with Gasteiger partial charge in [-0.15, -0.1) is 0 Å². The second-order valence-corrected chi connectivity index (χ2v) is 5.51. The standard InChI is InChI=1S/C16H21NO3/c1-12(13-5-3-2-4-6-13)7-8-15(18)17-10-9-14(11-17)16(19)20/h2-6,12,14H,7-11H2,1H3,(H,19,20). The summed E-state index contributed by atoms with van der Waals surface area (Å²) in [5, 5.41) is 8.94. The monoisotopic (exact) mass is 275 g/mol. The maximum absolute atomic E-state index is 12.1. The Morgan fingerprint density at radius 2 is 2.05 bits per heavy atom. The zero-order chi connectivity index (χ0) is 14.5. The molecule has 1 amide bonds. The zero-order valence-corrected chi connectivity index (χ0v) is 11.8. The number of carboxylic acids is 1. The molecule has 20 heavy (non-hydrogen) atoms. The molecule has 0 aliphatic carbocycles. The van der Waals surface area contributed by atoms with Crippen LogP contribution < -0.4 is 0 Å². The Labute approximate surface area is 119 Å². The van der Waals surface area contributed by atoms with E-state index in [1.54, 1.807) is 4.90 Å². The summed E-state index contributed by atoms with van der Waals surface area (Å²) in [7, 11) is 0. The van der Waals surface area contributed by atoms with Crippen LogP contribution in [0.2, 0.25) is 0 Å². The van der Waals surface area contributed by atoms with Crippen molar-refractivity contribution in [3.8, 4) is 0 Å². The van der Waals surface area contributed by atoms with E-state index >= 15 is 0 Å². The fraction of sp³-hybridized carbons (Fsp3) is 0.500. The van der Waals surface area contributed by atoms with Crippen LogP contribution >= 0.6 is 0 Å². The van der Waals surface area contributed by atoms with E-state index in [2.05, 4.69) is 19.1 Å². The number of benzene rings is 1. The summed E-state index contributed by atoms with van der Waals surface area (Å²) < 4.78 is 0. The van der Waals surface area contributed by atoms with Crippen molar-refractivity contribution in [1.29, 1.82) is 0 Å². The highest BCUT2D eigenvalue weighted by Crippen LogP contribution is 2.22. The fourth-order valence-corrected chi connectivity index (χ4v) is 2.63. The van der Waals surface area contributed by atoms with Gasteiger partial charge in [-0.25, -0.2) is 0 Å². The topological polar surface area (TPSA) is 57.6 Å². The second kappa shape index (κ2) is 6.55. The van der Waals surface area contributed by atoms with Crippen molar-refractivity contribution < 1.29 is 14.7 Å². The molecule has 1 aliphatic heterocycles. The fourth-order valence-electron chi connectivity index (χ4n) is 2.63. The van der Waals surface area contributed by atoms with Crippen molar-refractivity contribution in [1.82, 2.24) is 4.90 Å². The molecule has 108 valence electrons. The first-order valence-corrected chi connectivity index (χ1v) is 7.13. The van der Waals surface area contributed by atoms with Crippen LogP contribution in [0.25, 0.3) is 0 Å². The summed E-state index contributed by atoms with van der Waals surface area (Å²) in [4.78, 5) is 24.7. The van der Waals surface area contributed by atoms with Gasteiger partial charge in [0.15, 0.2) is 0 Å². The number of likely N-dealkylation sites (tertiary alicyclic amines) is 1. The number of nitrogens with zero attached hydrogens (tertiary/aromatic N) is 1. The molecule has 1 fully saturated rings. The number of hydrogen-bond acceptors (Lipinski definition) is 2. The molecule has 0 bridgehead atoms. The van der Waals surface area contributed by atoms with Gasteiger partial charge in [0.1, 0.15) is 0 Å². The van der Waals surface area contributed by atoms with Crippen molar-refractivity contribution in [2.45, 2.75) is 32.1 Å².